The van der Waals surface area contributed by atoms with Crippen molar-refractivity contribution in [1.82, 2.24) is 4.98 Å². The van der Waals surface area contributed by atoms with Crippen molar-refractivity contribution < 1.29 is 13.5 Å². The Morgan fingerprint density at radius 3 is 2.95 bits per heavy atom. The molecule has 0 saturated carbocycles. The van der Waals surface area contributed by atoms with Crippen LogP contribution in [0.3, 0.4) is 0 Å². The molecule has 0 spiro atoms. The van der Waals surface area contributed by atoms with E-state index in [1.165, 1.54) is 6.07 Å². The molecule has 6 heteroatoms. The second-order valence-electron chi connectivity index (χ2n) is 4.17. The van der Waals surface area contributed by atoms with E-state index in [0.717, 1.165) is 4.47 Å². The molecule has 0 atom stereocenters. The highest BCUT2D eigenvalue weighted by Gasteiger charge is 2.10. The van der Waals surface area contributed by atoms with E-state index in [-0.39, 0.29) is 12.4 Å². The zero-order valence-corrected chi connectivity index (χ0v) is 11.9. The number of nitrogens with zero attached hydrogens (tertiary/aromatic N) is 1. The van der Waals surface area contributed by atoms with Gasteiger partial charge in [-0.05, 0) is 30.3 Å². The number of ether oxygens (including phenoxy) is 1. The van der Waals surface area contributed by atoms with Gasteiger partial charge in [0.15, 0.2) is 23.8 Å². The maximum atomic E-state index is 13.5. The van der Waals surface area contributed by atoms with Gasteiger partial charge in [0, 0.05) is 4.47 Å². The first kappa shape index (κ1) is 12.9. The van der Waals surface area contributed by atoms with Gasteiger partial charge in [0.1, 0.15) is 5.52 Å². The van der Waals surface area contributed by atoms with Gasteiger partial charge in [-0.1, -0.05) is 22.0 Å². The van der Waals surface area contributed by atoms with E-state index in [1.807, 2.05) is 0 Å². The van der Waals surface area contributed by atoms with Gasteiger partial charge in [-0.25, -0.2) is 9.37 Å². The maximum Gasteiger partial charge on any atom is 0.233 e. The van der Waals surface area contributed by atoms with Crippen molar-refractivity contribution in [2.75, 3.05) is 5.73 Å². The van der Waals surface area contributed by atoms with Crippen LogP contribution < -0.4 is 10.5 Å². The Morgan fingerprint density at radius 2 is 2.15 bits per heavy atom. The smallest absolute Gasteiger partial charge is 0.233 e. The Morgan fingerprint density at radius 1 is 1.30 bits per heavy atom. The van der Waals surface area contributed by atoms with E-state index in [1.54, 1.807) is 30.3 Å². The topological polar surface area (TPSA) is 61.3 Å². The fraction of sp³-hybridized carbons (Fsp3) is 0.0714. The molecule has 2 N–H and O–H groups in total. The number of nitrogens with two attached hydrogens (primary N) is 1. The zero-order valence-electron chi connectivity index (χ0n) is 10.3. The summed E-state index contributed by atoms with van der Waals surface area (Å²) >= 11 is 3.26. The molecule has 0 fully saturated rings. The summed E-state index contributed by atoms with van der Waals surface area (Å²) in [5.41, 5.74) is 7.49. The minimum atomic E-state index is -0.441. The summed E-state index contributed by atoms with van der Waals surface area (Å²) in [5.74, 6) is 0.0377. The predicted molar refractivity (Wildman–Crippen MR) is 76.9 cm³/mol. The van der Waals surface area contributed by atoms with Crippen molar-refractivity contribution in [3.05, 3.63) is 52.6 Å². The molecule has 3 rings (SSSR count). The molecule has 2 aromatic carbocycles. The third-order valence-corrected chi connectivity index (χ3v) is 3.23. The Balaban J connectivity index is 1.83. The number of rotatable bonds is 3. The number of anilines is 1. The molecule has 4 nitrogen and oxygen atoms in total. The first-order valence-corrected chi connectivity index (χ1v) is 6.64. The summed E-state index contributed by atoms with van der Waals surface area (Å²) in [4.78, 5) is 4.23. The largest absolute Gasteiger partial charge is 0.481 e. The Labute approximate surface area is 122 Å². The average Bonchev–Trinajstić information content (AvgIpc) is 2.84. The molecule has 3 aromatic rings. The van der Waals surface area contributed by atoms with Crippen LogP contribution in [0.15, 0.2) is 45.3 Å². The van der Waals surface area contributed by atoms with E-state index in [0.29, 0.717) is 22.7 Å². The highest BCUT2D eigenvalue weighted by atomic mass is 79.9. The van der Waals surface area contributed by atoms with Crippen LogP contribution in [0.1, 0.15) is 5.89 Å². The number of hydrogen-bond acceptors (Lipinski definition) is 4. The molecule has 20 heavy (non-hydrogen) atoms. The van der Waals surface area contributed by atoms with E-state index in [2.05, 4.69) is 20.9 Å². The maximum absolute atomic E-state index is 13.5. The second-order valence-corrected chi connectivity index (χ2v) is 5.08. The summed E-state index contributed by atoms with van der Waals surface area (Å²) in [6.07, 6.45) is 0. The molecule has 0 saturated heterocycles. The van der Waals surface area contributed by atoms with Crippen LogP contribution in [-0.4, -0.2) is 4.98 Å². The molecule has 0 aliphatic rings. The highest BCUT2D eigenvalue weighted by molar-refractivity contribution is 9.10. The third kappa shape index (κ3) is 2.46. The van der Waals surface area contributed by atoms with E-state index in [4.69, 9.17) is 14.9 Å². The summed E-state index contributed by atoms with van der Waals surface area (Å²) in [5, 5.41) is 0. The monoisotopic (exact) mass is 336 g/mol. The molecule has 0 bridgehead atoms. The van der Waals surface area contributed by atoms with Crippen molar-refractivity contribution >= 4 is 32.7 Å². The third-order valence-electron chi connectivity index (χ3n) is 2.74. The normalized spacial score (nSPS) is 10.9. The van der Waals surface area contributed by atoms with E-state index >= 15 is 0 Å². The SMILES string of the molecule is Nc1cccc2oc(COc3cc(Br)ccc3F)nc12. The molecule has 0 amide bonds. The van der Waals surface area contributed by atoms with Crippen LogP contribution in [-0.2, 0) is 6.61 Å². The van der Waals surface area contributed by atoms with Crippen LogP contribution in [0.4, 0.5) is 10.1 Å². The minimum absolute atomic E-state index is 0.0293. The molecule has 0 aliphatic heterocycles. The predicted octanol–water partition coefficient (Wildman–Crippen LogP) is 3.89. The number of fused-ring (bicyclic) bond motifs is 1. The molecule has 0 aliphatic carbocycles. The summed E-state index contributed by atoms with van der Waals surface area (Å²) < 4.78 is 25.1. The Bertz CT molecular complexity index is 773. The number of benzene rings is 2. The van der Waals surface area contributed by atoms with Crippen LogP contribution in [0.2, 0.25) is 0 Å². The van der Waals surface area contributed by atoms with Gasteiger partial charge >= 0.3 is 0 Å². The van der Waals surface area contributed by atoms with Crippen LogP contribution >= 0.6 is 15.9 Å². The van der Waals surface area contributed by atoms with Gasteiger partial charge < -0.3 is 14.9 Å². The van der Waals surface area contributed by atoms with Crippen molar-refractivity contribution in [2.24, 2.45) is 0 Å². The van der Waals surface area contributed by atoms with Gasteiger partial charge in [-0.3, -0.25) is 0 Å². The van der Waals surface area contributed by atoms with Crippen molar-refractivity contribution in [2.45, 2.75) is 6.61 Å². The van der Waals surface area contributed by atoms with Crippen molar-refractivity contribution in [1.29, 1.82) is 0 Å². The number of para-hydroxylation sites is 1. The number of hydrogen-bond donors (Lipinski definition) is 1. The second kappa shape index (κ2) is 5.13. The first-order chi connectivity index (χ1) is 9.63. The summed E-state index contributed by atoms with van der Waals surface area (Å²) in [7, 11) is 0. The fourth-order valence-electron chi connectivity index (χ4n) is 1.80. The first-order valence-electron chi connectivity index (χ1n) is 5.85. The molecule has 0 unspecified atom stereocenters. The lowest BCUT2D eigenvalue weighted by atomic mass is 10.3. The molecule has 1 aromatic heterocycles. The summed E-state index contributed by atoms with van der Waals surface area (Å²) in [6.45, 7) is 0.0293. The van der Waals surface area contributed by atoms with Gasteiger partial charge in [-0.2, -0.15) is 0 Å². The summed E-state index contributed by atoms with van der Waals surface area (Å²) in [6, 6.07) is 9.75. The molecule has 1 heterocycles. The fourth-order valence-corrected chi connectivity index (χ4v) is 2.14. The zero-order chi connectivity index (χ0) is 14.1. The molecular formula is C14H10BrFN2O2. The number of aromatic nitrogens is 1. The van der Waals surface area contributed by atoms with Gasteiger partial charge in [-0.15, -0.1) is 0 Å². The van der Waals surface area contributed by atoms with Crippen molar-refractivity contribution in [3.63, 3.8) is 0 Å². The molecule has 0 radical (unpaired) electrons. The van der Waals surface area contributed by atoms with Gasteiger partial charge in [0.25, 0.3) is 0 Å². The average molecular weight is 337 g/mol. The quantitative estimate of drug-likeness (QED) is 0.737. The standard InChI is InChI=1S/C14H10BrFN2O2/c15-8-4-5-9(16)12(6-8)19-7-13-18-14-10(17)2-1-3-11(14)20-13/h1-6H,7,17H2. The van der Waals surface area contributed by atoms with Crippen molar-refractivity contribution in [3.8, 4) is 5.75 Å². The number of nitrogen functional groups attached to an aromatic ring is 1. The van der Waals surface area contributed by atoms with E-state index in [9.17, 15) is 4.39 Å². The highest BCUT2D eigenvalue weighted by Crippen LogP contribution is 2.25. The lowest BCUT2D eigenvalue weighted by Gasteiger charge is -2.04. The van der Waals surface area contributed by atoms with E-state index < -0.39 is 5.82 Å². The number of oxazole rings is 1. The minimum Gasteiger partial charge on any atom is -0.481 e. The lowest BCUT2D eigenvalue weighted by Crippen LogP contribution is -1.97. The lowest BCUT2D eigenvalue weighted by molar-refractivity contribution is 0.255. The Kier molecular flexibility index (Phi) is 3.31. The number of halogens is 2. The van der Waals surface area contributed by atoms with Gasteiger partial charge in [0.05, 0.1) is 5.69 Å². The Hall–Kier alpha value is -2.08. The van der Waals surface area contributed by atoms with Crippen LogP contribution in [0, 0.1) is 5.82 Å². The van der Waals surface area contributed by atoms with Crippen LogP contribution in [0.25, 0.3) is 11.1 Å². The molecular weight excluding hydrogens is 327 g/mol. The van der Waals surface area contributed by atoms with Crippen LogP contribution in [0.5, 0.6) is 5.75 Å². The van der Waals surface area contributed by atoms with Gasteiger partial charge in [0.2, 0.25) is 5.89 Å². The molecule has 102 valence electrons.